The number of nitrogens with one attached hydrogen (secondary N) is 1. The smallest absolute Gasteiger partial charge is 0.240 e. The zero-order valence-electron chi connectivity index (χ0n) is 11.2. The van der Waals surface area contributed by atoms with Crippen LogP contribution in [0.3, 0.4) is 0 Å². The second-order valence-corrected chi connectivity index (χ2v) is 6.07. The Bertz CT molecular complexity index is 284. The quantitative estimate of drug-likeness (QED) is 0.776. The van der Waals surface area contributed by atoms with Crippen molar-refractivity contribution >= 4 is 11.8 Å². The monoisotopic (exact) mass is 257 g/mol. The molecule has 1 rings (SSSR count). The van der Waals surface area contributed by atoms with Gasteiger partial charge >= 0.3 is 0 Å². The molecule has 1 aromatic heterocycles. The largest absolute Gasteiger partial charge is 0.338 e. The van der Waals surface area contributed by atoms with Crippen LogP contribution in [-0.4, -0.2) is 22.4 Å². The molecule has 1 N–H and O–H groups in total. The molecule has 4 nitrogen and oxygen atoms in total. The van der Waals surface area contributed by atoms with Crippen LogP contribution in [-0.2, 0) is 12.3 Å². The van der Waals surface area contributed by atoms with Gasteiger partial charge in [0.15, 0.2) is 5.82 Å². The summed E-state index contributed by atoms with van der Waals surface area (Å²) in [6, 6.07) is 0. The third kappa shape index (κ3) is 6.68. The van der Waals surface area contributed by atoms with E-state index in [1.54, 1.807) is 0 Å². The van der Waals surface area contributed by atoms with Gasteiger partial charge in [0, 0.05) is 0 Å². The third-order valence-electron chi connectivity index (χ3n) is 2.02. The molecule has 0 unspecified atom stereocenters. The molecule has 0 spiro atoms. The number of thioether (sulfide) groups is 1. The van der Waals surface area contributed by atoms with E-state index in [9.17, 15) is 0 Å². The van der Waals surface area contributed by atoms with Crippen molar-refractivity contribution in [3.8, 4) is 0 Å². The van der Waals surface area contributed by atoms with Crippen LogP contribution in [0.1, 0.15) is 39.4 Å². The molecule has 17 heavy (non-hydrogen) atoms. The molecule has 5 heteroatoms. The van der Waals surface area contributed by atoms with E-state index in [1.807, 2.05) is 11.8 Å². The summed E-state index contributed by atoms with van der Waals surface area (Å²) in [4.78, 5) is 4.34. The van der Waals surface area contributed by atoms with E-state index < -0.39 is 0 Å². The van der Waals surface area contributed by atoms with Gasteiger partial charge in [-0.2, -0.15) is 16.7 Å². The maximum absolute atomic E-state index is 5.17. The van der Waals surface area contributed by atoms with Crippen LogP contribution < -0.4 is 5.32 Å². The van der Waals surface area contributed by atoms with Crippen molar-refractivity contribution in [2.75, 3.05) is 12.3 Å². The Hall–Kier alpha value is -0.550. The van der Waals surface area contributed by atoms with Gasteiger partial charge in [-0.15, -0.1) is 0 Å². The molecule has 0 radical (unpaired) electrons. The van der Waals surface area contributed by atoms with Gasteiger partial charge in [0.25, 0.3) is 0 Å². The number of aromatic nitrogens is 2. The molecule has 0 saturated carbocycles. The summed E-state index contributed by atoms with van der Waals surface area (Å²) in [7, 11) is 0. The van der Waals surface area contributed by atoms with E-state index in [-0.39, 0.29) is 0 Å². The van der Waals surface area contributed by atoms with Crippen LogP contribution in [0.5, 0.6) is 0 Å². The lowest BCUT2D eigenvalue weighted by atomic mass is 10.2. The van der Waals surface area contributed by atoms with Gasteiger partial charge < -0.3 is 9.84 Å². The second kappa shape index (κ2) is 7.71. The van der Waals surface area contributed by atoms with Gasteiger partial charge in [0.1, 0.15) is 0 Å². The highest BCUT2D eigenvalue weighted by atomic mass is 32.2. The lowest BCUT2D eigenvalue weighted by Crippen LogP contribution is -2.19. The average molecular weight is 257 g/mol. The first-order valence-electron chi connectivity index (χ1n) is 6.17. The number of nitrogens with zero attached hydrogens (tertiary/aromatic N) is 2. The van der Waals surface area contributed by atoms with Crippen molar-refractivity contribution in [3.63, 3.8) is 0 Å². The maximum Gasteiger partial charge on any atom is 0.240 e. The zero-order valence-corrected chi connectivity index (χ0v) is 12.0. The van der Waals surface area contributed by atoms with Gasteiger partial charge in [-0.25, -0.2) is 0 Å². The van der Waals surface area contributed by atoms with E-state index >= 15 is 0 Å². The van der Waals surface area contributed by atoms with Gasteiger partial charge in [0.2, 0.25) is 5.89 Å². The zero-order chi connectivity index (χ0) is 12.7. The summed E-state index contributed by atoms with van der Waals surface area (Å²) in [5.41, 5.74) is 0. The summed E-state index contributed by atoms with van der Waals surface area (Å²) in [6.45, 7) is 10.4. The van der Waals surface area contributed by atoms with Crippen molar-refractivity contribution in [2.45, 2.75) is 40.0 Å². The van der Waals surface area contributed by atoms with Crippen molar-refractivity contribution in [3.05, 3.63) is 11.7 Å². The summed E-state index contributed by atoms with van der Waals surface area (Å²) >= 11 is 1.85. The van der Waals surface area contributed by atoms with E-state index in [0.29, 0.717) is 24.3 Å². The van der Waals surface area contributed by atoms with Gasteiger partial charge in [-0.05, 0) is 24.1 Å². The fraction of sp³-hybridized carbons (Fsp3) is 0.833. The van der Waals surface area contributed by atoms with E-state index in [2.05, 4.69) is 43.2 Å². The standard InChI is InChI=1S/C12H23N3OS/c1-9(2)5-13-6-12-14-11(15-16-12)8-17-7-10(3)4/h9-10,13H,5-8H2,1-4H3. The molecule has 1 heterocycles. The van der Waals surface area contributed by atoms with Crippen LogP contribution in [0.15, 0.2) is 4.52 Å². The topological polar surface area (TPSA) is 51.0 Å². The first kappa shape index (κ1) is 14.5. The fourth-order valence-corrected chi connectivity index (χ4v) is 2.16. The summed E-state index contributed by atoms with van der Waals surface area (Å²) < 4.78 is 5.17. The van der Waals surface area contributed by atoms with Crippen LogP contribution in [0.2, 0.25) is 0 Å². The molecule has 0 aliphatic rings. The minimum absolute atomic E-state index is 0.638. The predicted octanol–water partition coefficient (Wildman–Crippen LogP) is 2.70. The highest BCUT2D eigenvalue weighted by molar-refractivity contribution is 7.98. The highest BCUT2D eigenvalue weighted by Gasteiger charge is 2.06. The molecule has 1 aromatic rings. The summed E-state index contributed by atoms with van der Waals surface area (Å²) in [5.74, 6) is 4.81. The molecular weight excluding hydrogens is 234 g/mol. The molecular formula is C12H23N3OS. The van der Waals surface area contributed by atoms with E-state index in [0.717, 1.165) is 23.9 Å². The van der Waals surface area contributed by atoms with Gasteiger partial charge in [0.05, 0.1) is 12.3 Å². The minimum Gasteiger partial charge on any atom is -0.338 e. The summed E-state index contributed by atoms with van der Waals surface area (Å²) in [6.07, 6.45) is 0. The SMILES string of the molecule is CC(C)CNCc1nc(CSCC(C)C)no1. The Morgan fingerprint density at radius 3 is 2.65 bits per heavy atom. The molecule has 0 bridgehead atoms. The normalized spacial score (nSPS) is 11.6. The van der Waals surface area contributed by atoms with Crippen LogP contribution in [0.25, 0.3) is 0 Å². The Labute approximate surface area is 108 Å². The van der Waals surface area contributed by atoms with Crippen LogP contribution in [0, 0.1) is 11.8 Å². The molecule has 98 valence electrons. The average Bonchev–Trinajstić information content (AvgIpc) is 2.65. The number of hydrogen-bond donors (Lipinski definition) is 1. The minimum atomic E-state index is 0.638. The Morgan fingerprint density at radius 1 is 1.24 bits per heavy atom. The molecule has 0 fully saturated rings. The first-order chi connectivity index (χ1) is 8.08. The Kier molecular flexibility index (Phi) is 6.58. The van der Waals surface area contributed by atoms with E-state index in [4.69, 9.17) is 4.52 Å². The molecule has 0 aliphatic heterocycles. The number of rotatable bonds is 8. The lowest BCUT2D eigenvalue weighted by molar-refractivity contribution is 0.360. The predicted molar refractivity (Wildman–Crippen MR) is 71.8 cm³/mol. The van der Waals surface area contributed by atoms with Crippen molar-refractivity contribution in [2.24, 2.45) is 11.8 Å². The summed E-state index contributed by atoms with van der Waals surface area (Å²) in [5, 5.41) is 7.25. The van der Waals surface area contributed by atoms with E-state index in [1.165, 1.54) is 0 Å². The van der Waals surface area contributed by atoms with Crippen LogP contribution >= 0.6 is 11.8 Å². The van der Waals surface area contributed by atoms with Gasteiger partial charge in [-0.1, -0.05) is 32.9 Å². The van der Waals surface area contributed by atoms with Crippen LogP contribution in [0.4, 0.5) is 0 Å². The fourth-order valence-electron chi connectivity index (χ4n) is 1.27. The second-order valence-electron chi connectivity index (χ2n) is 5.04. The van der Waals surface area contributed by atoms with Crippen molar-refractivity contribution < 1.29 is 4.52 Å². The molecule has 0 aliphatic carbocycles. The Balaban J connectivity index is 2.23. The van der Waals surface area contributed by atoms with Gasteiger partial charge in [-0.3, -0.25) is 0 Å². The van der Waals surface area contributed by atoms with Crippen molar-refractivity contribution in [1.29, 1.82) is 0 Å². The maximum atomic E-state index is 5.17. The third-order valence-corrected chi connectivity index (χ3v) is 3.39. The molecule has 0 amide bonds. The highest BCUT2D eigenvalue weighted by Crippen LogP contribution is 2.13. The molecule has 0 aromatic carbocycles. The van der Waals surface area contributed by atoms with Crippen molar-refractivity contribution in [1.82, 2.24) is 15.5 Å². The molecule has 0 atom stereocenters. The first-order valence-corrected chi connectivity index (χ1v) is 7.33. The Morgan fingerprint density at radius 2 is 2.00 bits per heavy atom. The molecule has 0 saturated heterocycles. The number of hydrogen-bond acceptors (Lipinski definition) is 5. The lowest BCUT2D eigenvalue weighted by Gasteiger charge is -2.03.